The second-order valence-corrected chi connectivity index (χ2v) is 7.08. The lowest BCUT2D eigenvalue weighted by atomic mass is 10.1. The minimum Gasteiger partial charge on any atom is -0.325 e. The number of benzene rings is 1. The number of amides is 1. The molecule has 126 valence electrons. The van der Waals surface area contributed by atoms with Crippen molar-refractivity contribution in [3.8, 4) is 0 Å². The summed E-state index contributed by atoms with van der Waals surface area (Å²) < 4.78 is 2.25. The van der Waals surface area contributed by atoms with Crippen molar-refractivity contribution in [2.24, 2.45) is 0 Å². The van der Waals surface area contributed by atoms with Crippen molar-refractivity contribution in [3.05, 3.63) is 41.2 Å². The molecule has 1 heterocycles. The SMILES string of the molecule is CC(=O)c1cccc(NC(=O)CSc2nc(C)c(C)n2C2CC2)c1. The van der Waals surface area contributed by atoms with Gasteiger partial charge in [0.2, 0.25) is 5.91 Å². The second kappa shape index (κ2) is 6.81. The summed E-state index contributed by atoms with van der Waals surface area (Å²) in [5.41, 5.74) is 3.45. The van der Waals surface area contributed by atoms with Gasteiger partial charge in [-0.2, -0.15) is 0 Å². The Balaban J connectivity index is 1.63. The molecule has 0 radical (unpaired) electrons. The minimum absolute atomic E-state index is 0.0158. The number of rotatable bonds is 6. The number of nitrogens with one attached hydrogen (secondary N) is 1. The Kier molecular flexibility index (Phi) is 4.76. The van der Waals surface area contributed by atoms with E-state index in [-0.39, 0.29) is 11.7 Å². The van der Waals surface area contributed by atoms with Crippen LogP contribution < -0.4 is 5.32 Å². The summed E-state index contributed by atoms with van der Waals surface area (Å²) in [4.78, 5) is 28.2. The first-order valence-electron chi connectivity index (χ1n) is 8.05. The molecule has 1 aromatic carbocycles. The van der Waals surface area contributed by atoms with E-state index in [4.69, 9.17) is 0 Å². The van der Waals surface area contributed by atoms with Crippen molar-refractivity contribution in [2.45, 2.75) is 44.8 Å². The van der Waals surface area contributed by atoms with Crippen LogP contribution in [0.15, 0.2) is 29.4 Å². The number of Topliss-reactive ketones (excluding diaryl/α,β-unsaturated/α-hetero) is 1. The number of nitrogens with zero attached hydrogens (tertiary/aromatic N) is 2. The van der Waals surface area contributed by atoms with Gasteiger partial charge < -0.3 is 9.88 Å². The standard InChI is InChI=1S/C18H21N3O2S/c1-11-12(2)21(16-7-8-16)18(19-11)24-10-17(23)20-15-6-4-5-14(9-15)13(3)22/h4-6,9,16H,7-8,10H2,1-3H3,(H,20,23). The minimum atomic E-state index is -0.0960. The molecular weight excluding hydrogens is 322 g/mol. The molecule has 5 nitrogen and oxygen atoms in total. The second-order valence-electron chi connectivity index (χ2n) is 6.14. The van der Waals surface area contributed by atoms with Gasteiger partial charge in [0.1, 0.15) is 0 Å². The first-order chi connectivity index (χ1) is 11.5. The monoisotopic (exact) mass is 343 g/mol. The van der Waals surface area contributed by atoms with Crippen molar-refractivity contribution >= 4 is 29.1 Å². The number of thioether (sulfide) groups is 1. The Morgan fingerprint density at radius 1 is 1.33 bits per heavy atom. The number of imidazole rings is 1. The van der Waals surface area contributed by atoms with Gasteiger partial charge in [0.25, 0.3) is 0 Å². The number of carbonyl (C=O) groups excluding carboxylic acids is 2. The first-order valence-corrected chi connectivity index (χ1v) is 9.03. The van der Waals surface area contributed by atoms with Gasteiger partial charge in [0.15, 0.2) is 10.9 Å². The summed E-state index contributed by atoms with van der Waals surface area (Å²) in [6.07, 6.45) is 2.38. The van der Waals surface area contributed by atoms with Gasteiger partial charge in [-0.15, -0.1) is 0 Å². The molecule has 24 heavy (non-hydrogen) atoms. The van der Waals surface area contributed by atoms with Crippen LogP contribution >= 0.6 is 11.8 Å². The predicted octanol–water partition coefficient (Wildman–Crippen LogP) is 3.77. The van der Waals surface area contributed by atoms with Gasteiger partial charge in [0.05, 0.1) is 11.4 Å². The molecule has 1 aromatic heterocycles. The Morgan fingerprint density at radius 3 is 2.75 bits per heavy atom. The van der Waals surface area contributed by atoms with E-state index < -0.39 is 0 Å². The number of aryl methyl sites for hydroxylation is 1. The smallest absolute Gasteiger partial charge is 0.234 e. The molecule has 3 rings (SSSR count). The Hall–Kier alpha value is -2.08. The zero-order valence-electron chi connectivity index (χ0n) is 14.1. The highest BCUT2D eigenvalue weighted by Crippen LogP contribution is 2.39. The van der Waals surface area contributed by atoms with E-state index >= 15 is 0 Å². The maximum atomic E-state index is 12.2. The third-order valence-electron chi connectivity index (χ3n) is 4.15. The van der Waals surface area contributed by atoms with Crippen molar-refractivity contribution in [3.63, 3.8) is 0 Å². The van der Waals surface area contributed by atoms with E-state index in [2.05, 4.69) is 21.8 Å². The van der Waals surface area contributed by atoms with E-state index in [1.807, 2.05) is 6.92 Å². The highest BCUT2D eigenvalue weighted by Gasteiger charge is 2.28. The van der Waals surface area contributed by atoms with Gasteiger partial charge in [-0.3, -0.25) is 9.59 Å². The first kappa shape index (κ1) is 16.8. The number of hydrogen-bond acceptors (Lipinski definition) is 4. The normalized spacial score (nSPS) is 13.8. The number of anilines is 1. The Morgan fingerprint density at radius 2 is 2.08 bits per heavy atom. The zero-order valence-corrected chi connectivity index (χ0v) is 14.9. The van der Waals surface area contributed by atoms with E-state index in [1.165, 1.54) is 37.2 Å². The molecular formula is C18H21N3O2S. The topological polar surface area (TPSA) is 64.0 Å². The van der Waals surface area contributed by atoms with Gasteiger partial charge in [-0.1, -0.05) is 23.9 Å². The molecule has 1 fully saturated rings. The van der Waals surface area contributed by atoms with Gasteiger partial charge >= 0.3 is 0 Å². The lowest BCUT2D eigenvalue weighted by Gasteiger charge is -2.09. The third kappa shape index (κ3) is 3.70. The van der Waals surface area contributed by atoms with E-state index in [9.17, 15) is 9.59 Å². The van der Waals surface area contributed by atoms with Crippen LogP contribution in [0.1, 0.15) is 47.6 Å². The summed E-state index contributed by atoms with van der Waals surface area (Å²) in [5.74, 6) is 0.187. The number of carbonyl (C=O) groups is 2. The summed E-state index contributed by atoms with van der Waals surface area (Å²) in [6, 6.07) is 7.54. The van der Waals surface area contributed by atoms with Gasteiger partial charge in [0, 0.05) is 23.0 Å². The molecule has 1 aliphatic rings. The molecule has 0 bridgehead atoms. The quantitative estimate of drug-likeness (QED) is 0.640. The van der Waals surface area contributed by atoms with Crippen LogP contribution in [0.2, 0.25) is 0 Å². The van der Waals surface area contributed by atoms with Gasteiger partial charge in [-0.25, -0.2) is 4.98 Å². The maximum absolute atomic E-state index is 12.2. The van der Waals surface area contributed by atoms with Gasteiger partial charge in [-0.05, 0) is 45.7 Å². The Labute approximate surface area is 145 Å². The zero-order chi connectivity index (χ0) is 17.3. The highest BCUT2D eigenvalue weighted by atomic mass is 32.2. The fourth-order valence-electron chi connectivity index (χ4n) is 2.60. The number of ketones is 1. The van der Waals surface area contributed by atoms with Crippen LogP contribution in [0.4, 0.5) is 5.69 Å². The van der Waals surface area contributed by atoms with Crippen molar-refractivity contribution < 1.29 is 9.59 Å². The summed E-state index contributed by atoms with van der Waals surface area (Å²) in [7, 11) is 0. The highest BCUT2D eigenvalue weighted by molar-refractivity contribution is 7.99. The lowest BCUT2D eigenvalue weighted by molar-refractivity contribution is -0.113. The van der Waals surface area contributed by atoms with Crippen LogP contribution in [0, 0.1) is 13.8 Å². The molecule has 0 atom stereocenters. The van der Waals surface area contributed by atoms with Crippen LogP contribution in [-0.2, 0) is 4.79 Å². The molecule has 2 aromatic rings. The number of aromatic nitrogens is 2. The molecule has 0 spiro atoms. The van der Waals surface area contributed by atoms with E-state index in [1.54, 1.807) is 24.3 Å². The van der Waals surface area contributed by atoms with Crippen LogP contribution in [-0.4, -0.2) is 27.0 Å². The predicted molar refractivity (Wildman–Crippen MR) is 95.8 cm³/mol. The van der Waals surface area contributed by atoms with Crippen LogP contribution in [0.5, 0.6) is 0 Å². The average Bonchev–Trinajstić information content (AvgIpc) is 3.33. The van der Waals surface area contributed by atoms with Crippen LogP contribution in [0.3, 0.4) is 0 Å². The fourth-order valence-corrected chi connectivity index (χ4v) is 3.56. The fraction of sp³-hybridized carbons (Fsp3) is 0.389. The molecule has 6 heteroatoms. The lowest BCUT2D eigenvalue weighted by Crippen LogP contribution is -2.15. The largest absolute Gasteiger partial charge is 0.325 e. The maximum Gasteiger partial charge on any atom is 0.234 e. The average molecular weight is 343 g/mol. The van der Waals surface area contributed by atoms with E-state index in [0.29, 0.717) is 23.0 Å². The summed E-state index contributed by atoms with van der Waals surface area (Å²) >= 11 is 1.46. The molecule has 0 saturated heterocycles. The Bertz CT molecular complexity index is 794. The molecule has 1 N–H and O–H groups in total. The van der Waals surface area contributed by atoms with Crippen molar-refractivity contribution in [2.75, 3.05) is 11.1 Å². The third-order valence-corrected chi connectivity index (χ3v) is 5.10. The van der Waals surface area contributed by atoms with Crippen molar-refractivity contribution in [1.82, 2.24) is 9.55 Å². The van der Waals surface area contributed by atoms with Crippen molar-refractivity contribution in [1.29, 1.82) is 0 Å². The molecule has 1 saturated carbocycles. The summed E-state index contributed by atoms with van der Waals surface area (Å²) in [5, 5.41) is 3.76. The summed E-state index contributed by atoms with van der Waals surface area (Å²) in [6.45, 7) is 5.60. The molecule has 1 aliphatic carbocycles. The van der Waals surface area contributed by atoms with E-state index in [0.717, 1.165) is 10.9 Å². The molecule has 0 aliphatic heterocycles. The molecule has 1 amide bonds. The number of hydrogen-bond donors (Lipinski definition) is 1. The van der Waals surface area contributed by atoms with Crippen LogP contribution in [0.25, 0.3) is 0 Å². The molecule has 0 unspecified atom stereocenters.